The van der Waals surface area contributed by atoms with Gasteiger partial charge in [-0.2, -0.15) is 10.1 Å². The molecule has 0 bridgehead atoms. The molecular weight excluding hydrogens is 362 g/mol. The number of nitrogens with zero attached hydrogens (tertiary/aromatic N) is 4. The molecule has 1 aromatic carbocycles. The van der Waals surface area contributed by atoms with Crippen LogP contribution in [0.15, 0.2) is 24.3 Å². The van der Waals surface area contributed by atoms with E-state index in [0.29, 0.717) is 23.7 Å². The molecule has 1 aliphatic heterocycles. The van der Waals surface area contributed by atoms with Crippen molar-refractivity contribution in [2.24, 2.45) is 11.3 Å². The van der Waals surface area contributed by atoms with Crippen LogP contribution in [0.1, 0.15) is 40.5 Å². The summed E-state index contributed by atoms with van der Waals surface area (Å²) in [5.41, 5.74) is 8.90. The molecule has 154 valence electrons. The fraction of sp³-hybridized carbons (Fsp3) is 0.500. The molecule has 1 saturated heterocycles. The first-order chi connectivity index (χ1) is 13.8. The lowest BCUT2D eigenvalue weighted by Gasteiger charge is -2.46. The molecule has 3 heterocycles. The lowest BCUT2D eigenvalue weighted by Crippen LogP contribution is -2.50. The molecule has 7 heteroatoms. The van der Waals surface area contributed by atoms with Gasteiger partial charge in [0.15, 0.2) is 5.82 Å². The molecule has 0 aliphatic carbocycles. The van der Waals surface area contributed by atoms with Crippen molar-refractivity contribution in [1.29, 1.82) is 0 Å². The van der Waals surface area contributed by atoms with Gasteiger partial charge in [-0.15, -0.1) is 0 Å². The molecule has 3 aromatic rings. The summed E-state index contributed by atoms with van der Waals surface area (Å²) in [6, 6.07) is 8.63. The highest BCUT2D eigenvalue weighted by Gasteiger charge is 2.35. The van der Waals surface area contributed by atoms with Gasteiger partial charge in [0, 0.05) is 36.7 Å². The molecule has 4 N–H and O–H groups in total. The van der Waals surface area contributed by atoms with E-state index in [4.69, 9.17) is 15.7 Å². The molecule has 29 heavy (non-hydrogen) atoms. The predicted octanol–water partition coefficient (Wildman–Crippen LogP) is 4.29. The van der Waals surface area contributed by atoms with Crippen molar-refractivity contribution in [2.45, 2.75) is 46.6 Å². The summed E-state index contributed by atoms with van der Waals surface area (Å²) < 4.78 is 0. The monoisotopic (exact) mass is 393 g/mol. The number of rotatable bonds is 3. The van der Waals surface area contributed by atoms with E-state index < -0.39 is 0 Å². The summed E-state index contributed by atoms with van der Waals surface area (Å²) in [5, 5.41) is 11.2. The van der Waals surface area contributed by atoms with Crippen LogP contribution in [-0.2, 0) is 0 Å². The highest BCUT2D eigenvalue weighted by atomic mass is 15.3. The van der Waals surface area contributed by atoms with Crippen LogP contribution in [-0.4, -0.2) is 39.8 Å². The van der Waals surface area contributed by atoms with Crippen LogP contribution in [0.25, 0.3) is 22.2 Å². The zero-order chi connectivity index (χ0) is 20.8. The van der Waals surface area contributed by atoms with E-state index in [2.05, 4.69) is 54.2 Å². The Balaban J connectivity index is 1.79. The highest BCUT2D eigenvalue weighted by molar-refractivity contribution is 5.91. The molecule has 1 fully saturated rings. The Labute approximate surface area is 172 Å². The van der Waals surface area contributed by atoms with Crippen molar-refractivity contribution < 1.29 is 0 Å². The summed E-state index contributed by atoms with van der Waals surface area (Å²) >= 11 is 0. The smallest absolute Gasteiger partial charge is 0.224 e. The first-order valence-corrected chi connectivity index (χ1v) is 10.3. The third-order valence-corrected chi connectivity index (χ3v) is 5.94. The molecule has 1 aliphatic rings. The largest absolute Gasteiger partial charge is 0.382 e. The number of aromatic amines is 1. The maximum Gasteiger partial charge on any atom is 0.224 e. The maximum atomic E-state index is 5.92. The topological polar surface area (TPSA) is 95.8 Å². The third kappa shape index (κ3) is 3.73. The van der Waals surface area contributed by atoms with Crippen LogP contribution in [0.5, 0.6) is 0 Å². The van der Waals surface area contributed by atoms with E-state index in [1.54, 1.807) is 0 Å². The van der Waals surface area contributed by atoms with Gasteiger partial charge in [-0.25, -0.2) is 4.98 Å². The van der Waals surface area contributed by atoms with Crippen molar-refractivity contribution in [3.63, 3.8) is 0 Å². The number of hydrogen-bond donors (Lipinski definition) is 3. The predicted molar refractivity (Wildman–Crippen MR) is 120 cm³/mol. The van der Waals surface area contributed by atoms with Crippen molar-refractivity contribution in [2.75, 3.05) is 29.5 Å². The van der Waals surface area contributed by atoms with Crippen LogP contribution in [0, 0.1) is 11.3 Å². The fourth-order valence-corrected chi connectivity index (χ4v) is 4.35. The minimum absolute atomic E-state index is 0.178. The van der Waals surface area contributed by atoms with Gasteiger partial charge in [0.05, 0.1) is 11.2 Å². The first-order valence-electron chi connectivity index (χ1n) is 10.3. The van der Waals surface area contributed by atoms with Crippen molar-refractivity contribution >= 4 is 28.5 Å². The van der Waals surface area contributed by atoms with Crippen LogP contribution in [0.3, 0.4) is 0 Å². The Morgan fingerprint density at radius 3 is 2.69 bits per heavy atom. The van der Waals surface area contributed by atoms with Gasteiger partial charge in [-0.3, -0.25) is 5.10 Å². The summed E-state index contributed by atoms with van der Waals surface area (Å²) in [6.07, 6.45) is 2.44. The van der Waals surface area contributed by atoms with Crippen molar-refractivity contribution in [3.05, 3.63) is 24.3 Å². The molecule has 2 atom stereocenters. The summed E-state index contributed by atoms with van der Waals surface area (Å²) in [7, 11) is 1.86. The van der Waals surface area contributed by atoms with Gasteiger partial charge < -0.3 is 16.0 Å². The highest BCUT2D eigenvalue weighted by Crippen LogP contribution is 2.37. The average molecular weight is 394 g/mol. The Hall–Kier alpha value is -2.83. The Bertz CT molecular complexity index is 1020. The number of hydrogen-bond acceptors (Lipinski definition) is 6. The third-order valence-electron chi connectivity index (χ3n) is 5.94. The Kier molecular flexibility index (Phi) is 4.84. The van der Waals surface area contributed by atoms with E-state index >= 15 is 0 Å². The molecule has 2 aromatic heterocycles. The number of H-pyrrole nitrogens is 1. The lowest BCUT2D eigenvalue weighted by atomic mass is 9.78. The van der Waals surface area contributed by atoms with Gasteiger partial charge in [-0.05, 0) is 36.3 Å². The molecular formula is C22H31N7. The molecule has 0 amide bonds. The molecule has 1 unspecified atom stereocenters. The number of nitrogen functional groups attached to an aromatic ring is 1. The second-order valence-corrected chi connectivity index (χ2v) is 9.27. The molecule has 0 radical (unpaired) electrons. The summed E-state index contributed by atoms with van der Waals surface area (Å²) in [5.74, 6) is 2.78. The number of piperidine rings is 1. The van der Waals surface area contributed by atoms with Gasteiger partial charge in [0.25, 0.3) is 0 Å². The number of fused-ring (bicyclic) bond motifs is 1. The van der Waals surface area contributed by atoms with Crippen LogP contribution in [0.2, 0.25) is 0 Å². The Morgan fingerprint density at radius 1 is 1.17 bits per heavy atom. The standard InChI is InChI=1S/C22H31N7/c1-13-6-9-18(22(2,3)4)29(12-13)19-11-16(25-21(24-5)26-19)14-7-8-15-17(10-14)27-28-20(15)23/h7-8,10-11,13,18H,6,9,12H2,1-5H3,(H3,23,27,28)(H,24,25,26)/t13-,18?/m1/s1. The summed E-state index contributed by atoms with van der Waals surface area (Å²) in [4.78, 5) is 12.0. The lowest BCUT2D eigenvalue weighted by molar-refractivity contribution is 0.235. The van der Waals surface area contributed by atoms with E-state index in [-0.39, 0.29) is 5.41 Å². The number of anilines is 3. The van der Waals surface area contributed by atoms with Crippen LogP contribution in [0.4, 0.5) is 17.6 Å². The molecule has 4 rings (SSSR count). The van der Waals surface area contributed by atoms with E-state index in [9.17, 15) is 0 Å². The Morgan fingerprint density at radius 2 is 1.97 bits per heavy atom. The van der Waals surface area contributed by atoms with E-state index in [1.165, 1.54) is 12.8 Å². The SMILES string of the molecule is CNc1nc(-c2ccc3c(N)n[nH]c3c2)cc(N2C[C@H](C)CCC2C(C)(C)C)n1. The average Bonchev–Trinajstić information content (AvgIpc) is 3.07. The normalized spacial score (nSPS) is 20.2. The van der Waals surface area contributed by atoms with Gasteiger partial charge >= 0.3 is 0 Å². The van der Waals surface area contributed by atoms with E-state index in [0.717, 1.165) is 34.5 Å². The summed E-state index contributed by atoms with van der Waals surface area (Å²) in [6.45, 7) is 10.3. The van der Waals surface area contributed by atoms with Crippen LogP contribution >= 0.6 is 0 Å². The van der Waals surface area contributed by atoms with Crippen LogP contribution < -0.4 is 16.0 Å². The fourth-order valence-electron chi connectivity index (χ4n) is 4.35. The van der Waals surface area contributed by atoms with Gasteiger partial charge in [-0.1, -0.05) is 33.8 Å². The zero-order valence-electron chi connectivity index (χ0n) is 18.0. The van der Waals surface area contributed by atoms with Gasteiger partial charge in [0.1, 0.15) is 5.82 Å². The zero-order valence-corrected chi connectivity index (χ0v) is 18.0. The number of benzene rings is 1. The quantitative estimate of drug-likeness (QED) is 0.614. The minimum atomic E-state index is 0.178. The van der Waals surface area contributed by atoms with Gasteiger partial charge in [0.2, 0.25) is 5.95 Å². The second kappa shape index (κ2) is 7.21. The second-order valence-electron chi connectivity index (χ2n) is 9.27. The van der Waals surface area contributed by atoms with Crippen molar-refractivity contribution in [1.82, 2.24) is 20.2 Å². The first kappa shape index (κ1) is 19.5. The maximum absolute atomic E-state index is 5.92. The molecule has 7 nitrogen and oxygen atoms in total. The molecule has 0 saturated carbocycles. The van der Waals surface area contributed by atoms with Crippen molar-refractivity contribution in [3.8, 4) is 11.3 Å². The number of nitrogens with two attached hydrogens (primary N) is 1. The van der Waals surface area contributed by atoms with E-state index in [1.807, 2.05) is 25.2 Å². The number of aromatic nitrogens is 4. The minimum Gasteiger partial charge on any atom is -0.382 e. The number of nitrogens with one attached hydrogen (secondary N) is 2. The molecule has 0 spiro atoms.